The Kier molecular flexibility index (Phi) is 3.13. The Bertz CT molecular complexity index is 382. The molecule has 0 spiro atoms. The standard InChI is InChI=1S/C10H14F3N3O/c11-10(12,13)8-1-6-16(15-8)7-9(17)2-4-14-5-3-9/h1,6,14,17H,2-5,7H2. The molecule has 7 heteroatoms. The third-order valence-electron chi connectivity index (χ3n) is 2.92. The predicted molar refractivity (Wildman–Crippen MR) is 54.3 cm³/mol. The van der Waals surface area contributed by atoms with Crippen molar-refractivity contribution in [1.29, 1.82) is 0 Å². The summed E-state index contributed by atoms with van der Waals surface area (Å²) in [5, 5.41) is 16.7. The van der Waals surface area contributed by atoms with Gasteiger partial charge in [-0.15, -0.1) is 0 Å². The van der Waals surface area contributed by atoms with Crippen molar-refractivity contribution in [2.75, 3.05) is 13.1 Å². The molecule has 1 aromatic rings. The zero-order valence-electron chi connectivity index (χ0n) is 9.17. The fourth-order valence-electron chi connectivity index (χ4n) is 1.95. The average Bonchev–Trinajstić information content (AvgIpc) is 2.66. The Hall–Kier alpha value is -1.08. The molecule has 17 heavy (non-hydrogen) atoms. The van der Waals surface area contributed by atoms with Gasteiger partial charge in [-0.05, 0) is 32.0 Å². The topological polar surface area (TPSA) is 50.1 Å². The molecule has 0 unspecified atom stereocenters. The van der Waals surface area contributed by atoms with Crippen molar-refractivity contribution < 1.29 is 18.3 Å². The van der Waals surface area contributed by atoms with E-state index in [-0.39, 0.29) is 6.54 Å². The van der Waals surface area contributed by atoms with E-state index in [1.54, 1.807) is 0 Å². The van der Waals surface area contributed by atoms with Crippen LogP contribution in [0.25, 0.3) is 0 Å². The van der Waals surface area contributed by atoms with Crippen molar-refractivity contribution in [2.45, 2.75) is 31.2 Å². The molecular weight excluding hydrogens is 235 g/mol. The Labute approximate surface area is 96.4 Å². The zero-order valence-corrected chi connectivity index (χ0v) is 9.17. The summed E-state index contributed by atoms with van der Waals surface area (Å²) >= 11 is 0. The van der Waals surface area contributed by atoms with E-state index in [4.69, 9.17) is 0 Å². The molecule has 96 valence electrons. The van der Waals surface area contributed by atoms with E-state index < -0.39 is 17.5 Å². The monoisotopic (exact) mass is 249 g/mol. The molecule has 0 radical (unpaired) electrons. The van der Waals surface area contributed by atoms with E-state index in [1.165, 1.54) is 6.20 Å². The van der Waals surface area contributed by atoms with Gasteiger partial charge in [0, 0.05) is 6.20 Å². The lowest BCUT2D eigenvalue weighted by molar-refractivity contribution is -0.141. The highest BCUT2D eigenvalue weighted by molar-refractivity contribution is 5.03. The van der Waals surface area contributed by atoms with Crippen LogP contribution in [0.4, 0.5) is 13.2 Å². The van der Waals surface area contributed by atoms with Crippen molar-refractivity contribution in [1.82, 2.24) is 15.1 Å². The summed E-state index contributed by atoms with van der Waals surface area (Å²) in [6, 6.07) is 0.921. The Balaban J connectivity index is 2.06. The molecule has 4 nitrogen and oxygen atoms in total. The van der Waals surface area contributed by atoms with Crippen LogP contribution in [0.15, 0.2) is 12.3 Å². The molecule has 0 aromatic carbocycles. The SMILES string of the molecule is OC1(Cn2ccc(C(F)(F)F)n2)CCNCC1. The summed E-state index contributed by atoms with van der Waals surface area (Å²) in [5.74, 6) is 0. The van der Waals surface area contributed by atoms with Gasteiger partial charge < -0.3 is 10.4 Å². The first-order valence-electron chi connectivity index (χ1n) is 5.43. The van der Waals surface area contributed by atoms with Gasteiger partial charge in [0.1, 0.15) is 0 Å². The number of nitrogens with zero attached hydrogens (tertiary/aromatic N) is 2. The van der Waals surface area contributed by atoms with Gasteiger partial charge in [-0.1, -0.05) is 0 Å². The first kappa shape index (κ1) is 12.4. The highest BCUT2D eigenvalue weighted by atomic mass is 19.4. The molecule has 1 saturated heterocycles. The quantitative estimate of drug-likeness (QED) is 0.822. The van der Waals surface area contributed by atoms with Crippen LogP contribution in [0, 0.1) is 0 Å². The van der Waals surface area contributed by atoms with Gasteiger partial charge in [-0.25, -0.2) is 0 Å². The molecule has 2 heterocycles. The maximum Gasteiger partial charge on any atom is 0.435 e. The number of aliphatic hydroxyl groups is 1. The average molecular weight is 249 g/mol. The lowest BCUT2D eigenvalue weighted by Crippen LogP contribution is -2.44. The second kappa shape index (κ2) is 4.30. The lowest BCUT2D eigenvalue weighted by Gasteiger charge is -2.32. The van der Waals surface area contributed by atoms with E-state index in [1.807, 2.05) is 0 Å². The number of hydrogen-bond donors (Lipinski definition) is 2. The van der Waals surface area contributed by atoms with Gasteiger partial charge in [0.15, 0.2) is 5.69 Å². The molecule has 1 aromatic heterocycles. The van der Waals surface area contributed by atoms with E-state index in [0.717, 1.165) is 10.7 Å². The van der Waals surface area contributed by atoms with Crippen molar-refractivity contribution in [2.24, 2.45) is 0 Å². The first-order valence-corrected chi connectivity index (χ1v) is 5.43. The first-order chi connectivity index (χ1) is 7.89. The maximum atomic E-state index is 12.3. The molecule has 1 aliphatic heterocycles. The van der Waals surface area contributed by atoms with Crippen LogP contribution in [0.2, 0.25) is 0 Å². The number of rotatable bonds is 2. The second-order valence-corrected chi connectivity index (χ2v) is 4.37. The third kappa shape index (κ3) is 2.98. The summed E-state index contributed by atoms with van der Waals surface area (Å²) in [4.78, 5) is 0. The van der Waals surface area contributed by atoms with Crippen molar-refractivity contribution >= 4 is 0 Å². The number of aromatic nitrogens is 2. The second-order valence-electron chi connectivity index (χ2n) is 4.37. The number of halogens is 3. The van der Waals surface area contributed by atoms with Crippen LogP contribution in [-0.4, -0.2) is 33.6 Å². The summed E-state index contributed by atoms with van der Waals surface area (Å²) in [6.07, 6.45) is -2.13. The van der Waals surface area contributed by atoms with Gasteiger partial charge >= 0.3 is 6.18 Å². The van der Waals surface area contributed by atoms with E-state index in [0.29, 0.717) is 25.9 Å². The Morgan fingerprint density at radius 3 is 2.59 bits per heavy atom. The van der Waals surface area contributed by atoms with Gasteiger partial charge in [0.2, 0.25) is 0 Å². The van der Waals surface area contributed by atoms with Gasteiger partial charge in [-0.2, -0.15) is 18.3 Å². The van der Waals surface area contributed by atoms with Crippen LogP contribution in [0.3, 0.4) is 0 Å². The maximum absolute atomic E-state index is 12.3. The van der Waals surface area contributed by atoms with Crippen LogP contribution in [-0.2, 0) is 12.7 Å². The van der Waals surface area contributed by atoms with Crippen molar-refractivity contribution in [3.8, 4) is 0 Å². The lowest BCUT2D eigenvalue weighted by atomic mass is 9.92. The summed E-state index contributed by atoms with van der Waals surface area (Å²) in [6.45, 7) is 1.44. The number of hydrogen-bond acceptors (Lipinski definition) is 3. The highest BCUT2D eigenvalue weighted by Crippen LogP contribution is 2.28. The van der Waals surface area contributed by atoms with Crippen LogP contribution in [0.1, 0.15) is 18.5 Å². The predicted octanol–water partition coefficient (Wildman–Crippen LogP) is 1.02. The smallest absolute Gasteiger partial charge is 0.388 e. The minimum atomic E-state index is -4.43. The Morgan fingerprint density at radius 1 is 1.41 bits per heavy atom. The molecule has 2 rings (SSSR count). The summed E-state index contributed by atoms with van der Waals surface area (Å²) in [7, 11) is 0. The van der Waals surface area contributed by atoms with Crippen molar-refractivity contribution in [3.63, 3.8) is 0 Å². The molecule has 1 fully saturated rings. The molecule has 0 amide bonds. The molecular formula is C10H14F3N3O. The fraction of sp³-hybridized carbons (Fsp3) is 0.700. The normalized spacial score (nSPS) is 20.5. The Morgan fingerprint density at radius 2 is 2.06 bits per heavy atom. The van der Waals surface area contributed by atoms with E-state index >= 15 is 0 Å². The summed E-state index contributed by atoms with van der Waals surface area (Å²) in [5.41, 5.74) is -1.88. The number of piperidine rings is 1. The van der Waals surface area contributed by atoms with Gasteiger partial charge in [0.25, 0.3) is 0 Å². The van der Waals surface area contributed by atoms with Gasteiger partial charge in [0.05, 0.1) is 12.1 Å². The van der Waals surface area contributed by atoms with Crippen LogP contribution < -0.4 is 5.32 Å². The van der Waals surface area contributed by atoms with Crippen molar-refractivity contribution in [3.05, 3.63) is 18.0 Å². The van der Waals surface area contributed by atoms with Crippen LogP contribution >= 0.6 is 0 Å². The molecule has 0 bridgehead atoms. The molecule has 2 N–H and O–H groups in total. The minimum absolute atomic E-state index is 0.102. The molecule has 1 aliphatic rings. The number of alkyl halides is 3. The third-order valence-corrected chi connectivity index (χ3v) is 2.92. The van der Waals surface area contributed by atoms with E-state index in [2.05, 4.69) is 10.4 Å². The molecule has 0 aliphatic carbocycles. The summed E-state index contributed by atoms with van der Waals surface area (Å²) < 4.78 is 38.1. The largest absolute Gasteiger partial charge is 0.435 e. The zero-order chi connectivity index (χ0) is 12.5. The highest BCUT2D eigenvalue weighted by Gasteiger charge is 2.35. The van der Waals surface area contributed by atoms with Gasteiger partial charge in [-0.3, -0.25) is 4.68 Å². The molecule has 0 saturated carbocycles. The van der Waals surface area contributed by atoms with E-state index in [9.17, 15) is 18.3 Å². The molecule has 0 atom stereocenters. The minimum Gasteiger partial charge on any atom is -0.388 e. The number of nitrogens with one attached hydrogen (secondary N) is 1. The fourth-order valence-corrected chi connectivity index (χ4v) is 1.95. The van der Waals surface area contributed by atoms with Crippen LogP contribution in [0.5, 0.6) is 0 Å².